The Kier molecular flexibility index (Phi) is 17.3. The number of aromatic nitrogens is 3. The van der Waals surface area contributed by atoms with Crippen LogP contribution in [0.4, 0.5) is 40.7 Å². The number of hydrogen-bond donors (Lipinski definition) is 7. The maximum atomic E-state index is 15.8. The van der Waals surface area contributed by atoms with Gasteiger partial charge in [-0.25, -0.2) is 55.4 Å². The Bertz CT molecular complexity index is 4590. The number of urea groups is 3. The summed E-state index contributed by atoms with van der Waals surface area (Å²) in [5, 5.41) is 36.1. The molecule has 0 saturated carbocycles. The lowest BCUT2D eigenvalue weighted by Gasteiger charge is -2.29. The first-order chi connectivity index (χ1) is 45.5. The van der Waals surface area contributed by atoms with Gasteiger partial charge in [-0.3, -0.25) is 14.4 Å². The molecule has 9 amide bonds. The quantitative estimate of drug-likeness (QED) is 0.0182. The van der Waals surface area contributed by atoms with Gasteiger partial charge in [0.2, 0.25) is 0 Å². The molecule has 476 valence electrons. The molecule has 95 heavy (non-hydrogen) atoms. The van der Waals surface area contributed by atoms with Crippen LogP contribution in [0.2, 0.25) is 15.1 Å². The van der Waals surface area contributed by atoms with Gasteiger partial charge in [-0.1, -0.05) is 71.2 Å². The van der Waals surface area contributed by atoms with E-state index >= 15 is 26.3 Å². The van der Waals surface area contributed by atoms with Crippen molar-refractivity contribution in [2.45, 2.75) is 18.1 Å². The summed E-state index contributed by atoms with van der Waals surface area (Å²) in [6.45, 7) is -3.61. The average molecular weight is 1370 g/mol. The second-order valence-electron chi connectivity index (χ2n) is 21.0. The van der Waals surface area contributed by atoms with Crippen LogP contribution in [-0.4, -0.2) is 90.2 Å². The number of aromatic amines is 3. The van der Waals surface area contributed by atoms with Gasteiger partial charge in [-0.05, 0) is 89.5 Å². The second kappa shape index (κ2) is 25.6. The third-order valence-corrected chi connectivity index (χ3v) is 17.9. The zero-order valence-electron chi connectivity index (χ0n) is 47.6. The predicted octanol–water partition coefficient (Wildman–Crippen LogP) is 12.6. The molecule has 7 N–H and O–H groups in total. The molecule has 3 aliphatic heterocycles. The second-order valence-corrected chi connectivity index (χ2v) is 24.0. The number of carbonyl (C=O) groups is 6. The van der Waals surface area contributed by atoms with Gasteiger partial charge in [0.05, 0.1) is 66.4 Å². The third-order valence-electron chi connectivity index (χ3n) is 15.6. The molecule has 22 nitrogen and oxygen atoms in total. The van der Waals surface area contributed by atoms with Crippen molar-refractivity contribution in [1.29, 1.82) is 15.8 Å². The number of carbonyl (C=O) groups excluding carboxylic acids is 6. The van der Waals surface area contributed by atoms with Crippen molar-refractivity contribution in [2.24, 2.45) is 0 Å². The minimum absolute atomic E-state index is 0.0689. The Labute approximate surface area is 545 Å². The number of imide groups is 3. The van der Waals surface area contributed by atoms with Gasteiger partial charge in [0, 0.05) is 51.4 Å². The summed E-state index contributed by atoms with van der Waals surface area (Å²) in [6, 6.07) is 12.1. The Morgan fingerprint density at radius 2 is 0.726 bits per heavy atom. The van der Waals surface area contributed by atoms with E-state index in [4.69, 9.17) is 48.4 Å². The Morgan fingerprint density at radius 3 is 0.979 bits per heavy atom. The lowest BCUT2D eigenvalue weighted by Crippen LogP contribution is -2.39. The van der Waals surface area contributed by atoms with Crippen LogP contribution in [0.15, 0.2) is 127 Å². The number of H-pyrrole nitrogens is 3. The fourth-order valence-electron chi connectivity index (χ4n) is 10.9. The van der Waals surface area contributed by atoms with Crippen LogP contribution in [0.3, 0.4) is 0 Å². The zero-order valence-corrected chi connectivity index (χ0v) is 50.8. The molecule has 12 rings (SSSR count). The minimum atomic E-state index is -5.55. The van der Waals surface area contributed by atoms with Crippen molar-refractivity contribution in [2.75, 3.05) is 19.8 Å². The molecule has 6 aromatic carbocycles. The summed E-state index contributed by atoms with van der Waals surface area (Å²) in [6.07, 6.45) is 7.39. The number of nitriles is 3. The van der Waals surface area contributed by atoms with Crippen molar-refractivity contribution < 1.29 is 73.6 Å². The highest BCUT2D eigenvalue weighted by atomic mass is 35.5. The van der Waals surface area contributed by atoms with E-state index in [0.29, 0.717) is 14.7 Å². The molecule has 0 spiro atoms. The zero-order chi connectivity index (χ0) is 67.5. The topological polar surface area (TPSA) is 315 Å². The number of hydrogen-bond acceptors (Lipinski definition) is 13. The molecule has 3 aromatic heterocycles. The van der Waals surface area contributed by atoms with E-state index in [1.807, 2.05) is 0 Å². The number of nitrogens with zero attached hydrogens (tertiary/aromatic N) is 6. The molecule has 32 heteroatoms. The molecular formula is C63H37Cl3F6N12O10P+. The van der Waals surface area contributed by atoms with Gasteiger partial charge in [0.1, 0.15) is 72.6 Å². The summed E-state index contributed by atoms with van der Waals surface area (Å²) in [5.74, 6) is -9.52. The molecule has 0 aliphatic carbocycles. The highest BCUT2D eigenvalue weighted by Crippen LogP contribution is 2.60. The van der Waals surface area contributed by atoms with Gasteiger partial charge in [-0.2, -0.15) is 34.3 Å². The van der Waals surface area contributed by atoms with Crippen LogP contribution < -0.4 is 16.0 Å². The molecule has 9 aromatic rings. The minimum Gasteiger partial charge on any atom is -0.358 e. The number of halogens is 9. The number of rotatable bonds is 18. The van der Waals surface area contributed by atoms with E-state index in [1.165, 1.54) is 55.0 Å². The van der Waals surface area contributed by atoms with Crippen molar-refractivity contribution in [3.63, 3.8) is 0 Å². The molecule has 6 heterocycles. The highest BCUT2D eigenvalue weighted by molar-refractivity contribution is 7.55. The number of amides is 9. The van der Waals surface area contributed by atoms with Gasteiger partial charge < -0.3 is 30.9 Å². The molecule has 3 fully saturated rings. The van der Waals surface area contributed by atoms with Crippen molar-refractivity contribution in [1.82, 2.24) is 45.6 Å². The standard InChI is InChI=1S/C63H36Cl3F6N12O10P/c64-40-10-7-37-34(22-76-55(37)52(40)70)16-46-58(85)82(61(88)79-46)49(28-1-4-31(19-73)43(67)13-28)25-92-95(91,93-26-50(29-2-5-32(20-74)44(68)14-29)83-59(86)47(80-62(83)89)17-35-23-77-56-38(35)8-11-41(65)53(56)71)94-27-51(30-3-6-33(21-75)45(69)15-30)84-60(87)48(81-63(84)90)18-36-24-78-57-39(36)9-12-42(66)54(57)72/h1-18,22-24,49-51,91H,25-27H2,(H5-,76,77,78,79,80,81,85,86,87,88,89,90)/p+1. The maximum absolute atomic E-state index is 15.8. The lowest BCUT2D eigenvalue weighted by atomic mass is 10.0. The molecule has 3 saturated heterocycles. The summed E-state index contributed by atoms with van der Waals surface area (Å²) in [4.78, 5) is 109. The van der Waals surface area contributed by atoms with E-state index in [9.17, 15) is 49.4 Å². The molecule has 3 unspecified atom stereocenters. The van der Waals surface area contributed by atoms with Crippen LogP contribution in [-0.2, 0) is 28.0 Å². The highest BCUT2D eigenvalue weighted by Gasteiger charge is 2.53. The Balaban J connectivity index is 0.947. The number of nitrogens with one attached hydrogen (secondary N) is 6. The summed E-state index contributed by atoms with van der Waals surface area (Å²) < 4.78 is 111. The van der Waals surface area contributed by atoms with Gasteiger partial charge in [0.25, 0.3) is 17.7 Å². The van der Waals surface area contributed by atoms with Crippen molar-refractivity contribution >= 4 is 130 Å². The largest absolute Gasteiger partial charge is 0.572 e. The van der Waals surface area contributed by atoms with Crippen LogP contribution in [0.5, 0.6) is 0 Å². The van der Waals surface area contributed by atoms with Gasteiger partial charge in [0.15, 0.2) is 17.5 Å². The van der Waals surface area contributed by atoms with E-state index in [1.54, 1.807) is 18.2 Å². The van der Waals surface area contributed by atoms with Crippen LogP contribution in [0, 0.1) is 68.9 Å². The molecule has 0 radical (unpaired) electrons. The van der Waals surface area contributed by atoms with E-state index in [0.717, 1.165) is 72.8 Å². The Morgan fingerprint density at radius 1 is 0.453 bits per heavy atom. The van der Waals surface area contributed by atoms with E-state index in [-0.39, 0.29) is 81.2 Å². The van der Waals surface area contributed by atoms with Crippen LogP contribution in [0.25, 0.3) is 50.9 Å². The van der Waals surface area contributed by atoms with Crippen molar-refractivity contribution in [3.8, 4) is 18.2 Å². The fourth-order valence-corrected chi connectivity index (χ4v) is 12.5. The number of fused-ring (bicyclic) bond motifs is 3. The molecule has 3 aliphatic rings. The first-order valence-electron chi connectivity index (χ1n) is 27.6. The SMILES string of the molecule is N#Cc1ccc(C(CO[P+](O)(OCC(c2ccc(C#N)c(F)c2)N2C(=O)N/C(=C\c3c[nH]c4c(F)c(Cl)ccc34)C2=O)OCC(c2ccc(C#N)c(F)c2)N2C(=O)N/C(=C\c3c[nH]c4c(F)c(Cl)ccc34)C2=O)N2C(=O)N/C(=C\c3c[nH]c4c(F)c(Cl)ccc34)C2=O)cc1F. The average Bonchev–Trinajstić information content (AvgIpc) is 1.71. The predicted molar refractivity (Wildman–Crippen MR) is 328 cm³/mol. The first kappa shape index (κ1) is 64.3. The van der Waals surface area contributed by atoms with Crippen molar-refractivity contribution in [3.05, 3.63) is 227 Å². The monoisotopic (exact) mass is 1370 g/mol. The van der Waals surface area contributed by atoms with Crippen LogP contribution in [0.1, 0.15) is 68.2 Å². The smallest absolute Gasteiger partial charge is 0.358 e. The molecule has 3 atom stereocenters. The summed E-state index contributed by atoms with van der Waals surface area (Å²) in [7, 11) is -5.55. The maximum Gasteiger partial charge on any atom is 0.572 e. The van der Waals surface area contributed by atoms with E-state index in [2.05, 4.69) is 30.9 Å². The Hall–Kier alpha value is -10.8. The number of benzene rings is 6. The van der Waals surface area contributed by atoms with Gasteiger partial charge >= 0.3 is 26.3 Å². The molecular weight excluding hydrogens is 1340 g/mol. The van der Waals surface area contributed by atoms with E-state index < -0.39 is 151 Å². The molecule has 0 bridgehead atoms. The first-order valence-corrected chi connectivity index (χ1v) is 30.2. The summed E-state index contributed by atoms with van der Waals surface area (Å²) in [5.41, 5.74) is -3.55. The van der Waals surface area contributed by atoms with Gasteiger partial charge in [-0.15, -0.1) is 0 Å². The summed E-state index contributed by atoms with van der Waals surface area (Å²) >= 11 is 18.0. The lowest BCUT2D eigenvalue weighted by molar-refractivity contribution is -0.125. The third kappa shape index (κ3) is 11.9. The van der Waals surface area contributed by atoms with Crippen LogP contribution >= 0.6 is 43.0 Å². The normalized spacial score (nSPS) is 17.1. The fraction of sp³-hybridized carbons (Fsp3) is 0.0952.